The van der Waals surface area contributed by atoms with Gasteiger partial charge >= 0.3 is 0 Å². The molecule has 134 valence electrons. The molecule has 1 saturated heterocycles. The van der Waals surface area contributed by atoms with Crippen LogP contribution in [0.2, 0.25) is 0 Å². The lowest BCUT2D eigenvalue weighted by atomic mass is 10.1. The van der Waals surface area contributed by atoms with E-state index in [1.165, 1.54) is 0 Å². The number of hydrogen-bond donors (Lipinski definition) is 1. The van der Waals surface area contributed by atoms with Crippen LogP contribution in [0, 0.1) is 5.92 Å². The molecule has 0 spiro atoms. The predicted octanol–water partition coefficient (Wildman–Crippen LogP) is 2.78. The Morgan fingerprint density at radius 2 is 2.12 bits per heavy atom. The predicted molar refractivity (Wildman–Crippen MR) is 98.7 cm³/mol. The molecule has 0 amide bonds. The molecule has 24 heavy (non-hydrogen) atoms. The first-order valence-corrected chi connectivity index (χ1v) is 9.00. The second-order valence-electron chi connectivity index (χ2n) is 6.21. The fourth-order valence-corrected chi connectivity index (χ4v) is 2.95. The average molecular weight is 333 g/mol. The number of ether oxygens (including phenoxy) is 2. The molecular formula is C19H31N3O2. The van der Waals surface area contributed by atoms with Crippen LogP contribution in [0.15, 0.2) is 35.3 Å². The molecule has 0 aromatic heterocycles. The van der Waals surface area contributed by atoms with Crippen molar-refractivity contribution in [3.63, 3.8) is 0 Å². The number of nitrogens with one attached hydrogen (secondary N) is 1. The van der Waals surface area contributed by atoms with Crippen LogP contribution in [0.3, 0.4) is 0 Å². The van der Waals surface area contributed by atoms with Crippen LogP contribution in [0.5, 0.6) is 5.75 Å². The van der Waals surface area contributed by atoms with Crippen LogP contribution in [-0.4, -0.2) is 56.9 Å². The highest BCUT2D eigenvalue weighted by molar-refractivity contribution is 5.80. The Kier molecular flexibility index (Phi) is 7.89. The lowest BCUT2D eigenvalue weighted by Gasteiger charge is -2.23. The minimum Gasteiger partial charge on any atom is -0.489 e. The van der Waals surface area contributed by atoms with Gasteiger partial charge in [0.1, 0.15) is 11.9 Å². The topological polar surface area (TPSA) is 46.1 Å². The van der Waals surface area contributed by atoms with E-state index in [0.29, 0.717) is 12.5 Å². The molecule has 2 atom stereocenters. The zero-order chi connectivity index (χ0) is 17.2. The molecule has 0 bridgehead atoms. The molecule has 1 aromatic rings. The maximum Gasteiger partial charge on any atom is 0.194 e. The molecule has 0 radical (unpaired) electrons. The first-order chi connectivity index (χ1) is 11.8. The lowest BCUT2D eigenvalue weighted by Crippen LogP contribution is -2.41. The van der Waals surface area contributed by atoms with Gasteiger partial charge in [-0.3, -0.25) is 0 Å². The van der Waals surface area contributed by atoms with Crippen molar-refractivity contribution < 1.29 is 9.47 Å². The van der Waals surface area contributed by atoms with Crippen molar-refractivity contribution in [1.29, 1.82) is 0 Å². The SMILES string of the molecule is CCNC(=NCC(CC)Oc1ccccc1)N1CCC(COC)C1. The van der Waals surface area contributed by atoms with E-state index in [2.05, 4.69) is 24.1 Å². The monoisotopic (exact) mass is 333 g/mol. The quantitative estimate of drug-likeness (QED) is 0.587. The van der Waals surface area contributed by atoms with E-state index in [9.17, 15) is 0 Å². The molecule has 2 rings (SSSR count). The van der Waals surface area contributed by atoms with E-state index in [-0.39, 0.29) is 6.10 Å². The molecule has 1 fully saturated rings. The number of hydrogen-bond acceptors (Lipinski definition) is 3. The smallest absolute Gasteiger partial charge is 0.194 e. The van der Waals surface area contributed by atoms with Gasteiger partial charge in [0.2, 0.25) is 0 Å². The molecule has 5 heteroatoms. The fourth-order valence-electron chi connectivity index (χ4n) is 2.95. The van der Waals surface area contributed by atoms with Gasteiger partial charge < -0.3 is 19.7 Å². The summed E-state index contributed by atoms with van der Waals surface area (Å²) in [5, 5.41) is 3.41. The van der Waals surface area contributed by atoms with E-state index in [1.807, 2.05) is 30.3 Å². The van der Waals surface area contributed by atoms with E-state index in [0.717, 1.165) is 50.8 Å². The second-order valence-corrected chi connectivity index (χ2v) is 6.21. The van der Waals surface area contributed by atoms with Gasteiger partial charge in [-0.2, -0.15) is 0 Å². The van der Waals surface area contributed by atoms with Gasteiger partial charge in [-0.05, 0) is 31.9 Å². The minimum atomic E-state index is 0.0958. The molecule has 2 unspecified atom stereocenters. The fraction of sp³-hybridized carbons (Fsp3) is 0.632. The van der Waals surface area contributed by atoms with Crippen molar-refractivity contribution in [3.8, 4) is 5.75 Å². The standard InChI is InChI=1S/C19H31N3O2/c1-4-17(24-18-9-7-6-8-10-18)13-21-19(20-5-2)22-12-11-16(14-22)15-23-3/h6-10,16-17H,4-5,11-15H2,1-3H3,(H,20,21). The minimum absolute atomic E-state index is 0.0958. The summed E-state index contributed by atoms with van der Waals surface area (Å²) in [5.74, 6) is 2.50. The van der Waals surface area contributed by atoms with Crippen molar-refractivity contribution >= 4 is 5.96 Å². The average Bonchev–Trinajstić information content (AvgIpc) is 3.07. The van der Waals surface area contributed by atoms with Gasteiger partial charge in [-0.25, -0.2) is 4.99 Å². The van der Waals surface area contributed by atoms with E-state index < -0.39 is 0 Å². The molecule has 1 aliphatic heterocycles. The van der Waals surface area contributed by atoms with Crippen LogP contribution in [0.25, 0.3) is 0 Å². The largest absolute Gasteiger partial charge is 0.489 e. The summed E-state index contributed by atoms with van der Waals surface area (Å²) in [4.78, 5) is 7.16. The van der Waals surface area contributed by atoms with Crippen LogP contribution in [0.1, 0.15) is 26.7 Å². The number of guanidine groups is 1. The maximum absolute atomic E-state index is 6.04. The maximum atomic E-state index is 6.04. The van der Waals surface area contributed by atoms with Crippen molar-refractivity contribution in [2.45, 2.75) is 32.8 Å². The van der Waals surface area contributed by atoms with Gasteiger partial charge in [0.05, 0.1) is 13.2 Å². The number of nitrogens with zero attached hydrogens (tertiary/aromatic N) is 2. The molecule has 0 aliphatic carbocycles. The third-order valence-electron chi connectivity index (χ3n) is 4.27. The number of aliphatic imine (C=N–C) groups is 1. The Morgan fingerprint density at radius 1 is 1.33 bits per heavy atom. The Balaban J connectivity index is 1.93. The highest BCUT2D eigenvalue weighted by atomic mass is 16.5. The van der Waals surface area contributed by atoms with E-state index in [1.54, 1.807) is 7.11 Å². The van der Waals surface area contributed by atoms with Crippen molar-refractivity contribution in [2.24, 2.45) is 10.9 Å². The summed E-state index contributed by atoms with van der Waals surface area (Å²) in [5.41, 5.74) is 0. The normalized spacial score (nSPS) is 19.4. The van der Waals surface area contributed by atoms with Gasteiger partial charge in [0.25, 0.3) is 0 Å². The third-order valence-corrected chi connectivity index (χ3v) is 4.27. The summed E-state index contributed by atoms with van der Waals surface area (Å²) in [6.45, 7) is 8.66. The number of likely N-dealkylation sites (tertiary alicyclic amines) is 1. The zero-order valence-electron chi connectivity index (χ0n) is 15.2. The summed E-state index contributed by atoms with van der Waals surface area (Å²) in [7, 11) is 1.77. The lowest BCUT2D eigenvalue weighted by molar-refractivity contribution is 0.157. The molecule has 1 N–H and O–H groups in total. The van der Waals surface area contributed by atoms with Crippen LogP contribution >= 0.6 is 0 Å². The molecule has 1 aliphatic rings. The number of benzene rings is 1. The van der Waals surface area contributed by atoms with Gasteiger partial charge in [-0.15, -0.1) is 0 Å². The first-order valence-electron chi connectivity index (χ1n) is 9.00. The molecule has 1 aromatic carbocycles. The van der Waals surface area contributed by atoms with Gasteiger partial charge in [0.15, 0.2) is 5.96 Å². The molecular weight excluding hydrogens is 302 g/mol. The molecule has 0 saturated carbocycles. The second kappa shape index (κ2) is 10.2. The van der Waals surface area contributed by atoms with Gasteiger partial charge in [0, 0.05) is 32.7 Å². The number of rotatable bonds is 8. The Hall–Kier alpha value is -1.75. The Morgan fingerprint density at radius 3 is 2.79 bits per heavy atom. The van der Waals surface area contributed by atoms with Crippen molar-refractivity contribution in [1.82, 2.24) is 10.2 Å². The molecule has 1 heterocycles. The number of para-hydroxylation sites is 1. The summed E-state index contributed by atoms with van der Waals surface area (Å²) in [6.07, 6.45) is 2.19. The van der Waals surface area contributed by atoms with Crippen molar-refractivity contribution in [3.05, 3.63) is 30.3 Å². The van der Waals surface area contributed by atoms with Crippen LogP contribution in [-0.2, 0) is 4.74 Å². The molecule has 5 nitrogen and oxygen atoms in total. The highest BCUT2D eigenvalue weighted by Gasteiger charge is 2.24. The van der Waals surface area contributed by atoms with E-state index >= 15 is 0 Å². The van der Waals surface area contributed by atoms with Crippen LogP contribution in [0.4, 0.5) is 0 Å². The van der Waals surface area contributed by atoms with Crippen molar-refractivity contribution in [2.75, 3.05) is 39.9 Å². The summed E-state index contributed by atoms with van der Waals surface area (Å²) in [6, 6.07) is 9.98. The van der Waals surface area contributed by atoms with E-state index in [4.69, 9.17) is 14.5 Å². The number of methoxy groups -OCH3 is 1. The third kappa shape index (κ3) is 5.71. The summed E-state index contributed by atoms with van der Waals surface area (Å²) < 4.78 is 11.3. The Labute approximate surface area is 146 Å². The zero-order valence-corrected chi connectivity index (χ0v) is 15.2. The summed E-state index contributed by atoms with van der Waals surface area (Å²) >= 11 is 0. The Bertz CT molecular complexity index is 493. The first kappa shape index (κ1) is 18.6. The highest BCUT2D eigenvalue weighted by Crippen LogP contribution is 2.17. The van der Waals surface area contributed by atoms with Gasteiger partial charge in [-0.1, -0.05) is 25.1 Å². The van der Waals surface area contributed by atoms with Crippen LogP contribution < -0.4 is 10.1 Å².